The average molecular weight is 487 g/mol. The molecule has 0 fully saturated rings. The van der Waals surface area contributed by atoms with Crippen LogP contribution in [0, 0.1) is 0 Å². The molecule has 3 rings (SSSR count). The summed E-state index contributed by atoms with van der Waals surface area (Å²) >= 11 is 6.06. The number of halogens is 1. The second-order valence-electron chi connectivity index (χ2n) is 7.47. The molecule has 9 heteroatoms. The van der Waals surface area contributed by atoms with Crippen molar-refractivity contribution in [3.63, 3.8) is 0 Å². The highest BCUT2D eigenvalue weighted by Crippen LogP contribution is 2.24. The Labute approximate surface area is 197 Å². The van der Waals surface area contributed by atoms with Crippen molar-refractivity contribution in [1.29, 1.82) is 0 Å². The first-order valence-corrected chi connectivity index (χ1v) is 12.0. The number of hydrogen-bond donors (Lipinski definition) is 2. The van der Waals surface area contributed by atoms with Gasteiger partial charge >= 0.3 is 0 Å². The summed E-state index contributed by atoms with van der Waals surface area (Å²) in [6.07, 6.45) is 0. The summed E-state index contributed by atoms with van der Waals surface area (Å²) in [5.41, 5.74) is 1.03. The Morgan fingerprint density at radius 3 is 2.27 bits per heavy atom. The molecule has 3 aromatic carbocycles. The van der Waals surface area contributed by atoms with Gasteiger partial charge in [0.1, 0.15) is 5.75 Å². The third-order valence-electron chi connectivity index (χ3n) is 4.43. The van der Waals surface area contributed by atoms with Crippen LogP contribution < -0.4 is 14.8 Å². The number of benzene rings is 3. The van der Waals surface area contributed by atoms with Crippen molar-refractivity contribution >= 4 is 39.0 Å². The summed E-state index contributed by atoms with van der Waals surface area (Å²) in [5.74, 6) is -0.441. The zero-order valence-electron chi connectivity index (χ0n) is 18.0. The fraction of sp³-hybridized carbons (Fsp3) is 0.167. The van der Waals surface area contributed by atoms with Crippen LogP contribution >= 0.6 is 11.6 Å². The van der Waals surface area contributed by atoms with Crippen LogP contribution in [0.25, 0.3) is 0 Å². The number of anilines is 1. The van der Waals surface area contributed by atoms with Gasteiger partial charge in [0.25, 0.3) is 5.91 Å². The molecule has 0 heterocycles. The Kier molecular flexibility index (Phi) is 7.86. The van der Waals surface area contributed by atoms with Gasteiger partial charge in [-0.2, -0.15) is 0 Å². The summed E-state index contributed by atoms with van der Waals surface area (Å²) in [6.45, 7) is 3.12. The summed E-state index contributed by atoms with van der Waals surface area (Å²) in [6, 6.07) is 18.8. The van der Waals surface area contributed by atoms with Gasteiger partial charge in [0.2, 0.25) is 10.0 Å². The smallest absolute Gasteiger partial charge is 0.262 e. The zero-order chi connectivity index (χ0) is 24.0. The van der Waals surface area contributed by atoms with Gasteiger partial charge in [0.15, 0.2) is 12.4 Å². The number of sulfonamides is 1. The topological polar surface area (TPSA) is 102 Å². The van der Waals surface area contributed by atoms with Crippen LogP contribution in [0.5, 0.6) is 5.75 Å². The molecule has 0 unspecified atom stereocenters. The lowest BCUT2D eigenvalue weighted by molar-refractivity contribution is -0.118. The highest BCUT2D eigenvalue weighted by atomic mass is 35.5. The lowest BCUT2D eigenvalue weighted by atomic mass is 10.0. The van der Waals surface area contributed by atoms with Crippen molar-refractivity contribution in [3.05, 3.63) is 88.9 Å². The van der Waals surface area contributed by atoms with Crippen LogP contribution in [0.4, 0.5) is 5.69 Å². The molecule has 0 saturated heterocycles. The predicted octanol–water partition coefficient (Wildman–Crippen LogP) is 4.28. The lowest BCUT2D eigenvalue weighted by Crippen LogP contribution is -2.30. The SMILES string of the molecule is CC(C)NS(=O)(=O)c1ccc(OCC(=O)Nc2ccc(Cl)cc2C(=O)c2ccccc2)cc1. The Morgan fingerprint density at radius 1 is 0.970 bits per heavy atom. The van der Waals surface area contributed by atoms with E-state index < -0.39 is 15.9 Å². The minimum absolute atomic E-state index is 0.0956. The fourth-order valence-electron chi connectivity index (χ4n) is 2.99. The van der Waals surface area contributed by atoms with E-state index >= 15 is 0 Å². The number of carbonyl (C=O) groups excluding carboxylic acids is 2. The largest absolute Gasteiger partial charge is 0.484 e. The normalized spacial score (nSPS) is 11.3. The first kappa shape index (κ1) is 24.4. The summed E-state index contributed by atoms with van der Waals surface area (Å²) in [4.78, 5) is 25.4. The summed E-state index contributed by atoms with van der Waals surface area (Å²) in [5, 5.41) is 3.03. The number of carbonyl (C=O) groups is 2. The molecular weight excluding hydrogens is 464 g/mol. The molecule has 0 aliphatic carbocycles. The highest BCUT2D eigenvalue weighted by molar-refractivity contribution is 7.89. The standard InChI is InChI=1S/C24H23ClN2O5S/c1-16(2)27-33(30,31)20-11-9-19(10-12-20)32-15-23(28)26-22-13-8-18(25)14-21(22)24(29)17-6-4-3-5-7-17/h3-14,16,27H,15H2,1-2H3,(H,26,28). The Balaban J connectivity index is 1.67. The van der Waals surface area contributed by atoms with E-state index in [0.717, 1.165) is 0 Å². The Hall–Kier alpha value is -3.20. The van der Waals surface area contributed by atoms with E-state index in [9.17, 15) is 18.0 Å². The van der Waals surface area contributed by atoms with Crippen LogP contribution in [0.2, 0.25) is 5.02 Å². The van der Waals surface area contributed by atoms with Gasteiger partial charge < -0.3 is 10.1 Å². The fourth-order valence-corrected chi connectivity index (χ4v) is 4.41. The maximum Gasteiger partial charge on any atom is 0.262 e. The first-order valence-electron chi connectivity index (χ1n) is 10.1. The molecule has 0 radical (unpaired) electrons. The Morgan fingerprint density at radius 2 is 1.64 bits per heavy atom. The monoisotopic (exact) mass is 486 g/mol. The maximum atomic E-state index is 12.9. The van der Waals surface area contributed by atoms with Crippen molar-refractivity contribution in [3.8, 4) is 5.75 Å². The third kappa shape index (κ3) is 6.64. The predicted molar refractivity (Wildman–Crippen MR) is 127 cm³/mol. The van der Waals surface area contributed by atoms with Gasteiger partial charge in [-0.1, -0.05) is 41.9 Å². The molecule has 172 valence electrons. The average Bonchev–Trinajstić information content (AvgIpc) is 2.78. The van der Waals surface area contributed by atoms with E-state index in [1.54, 1.807) is 56.3 Å². The molecule has 0 aliphatic rings. The van der Waals surface area contributed by atoms with Crippen molar-refractivity contribution in [2.45, 2.75) is 24.8 Å². The molecule has 0 aromatic heterocycles. The maximum absolute atomic E-state index is 12.9. The molecule has 0 atom stereocenters. The lowest BCUT2D eigenvalue weighted by Gasteiger charge is -2.12. The molecule has 0 spiro atoms. The second kappa shape index (κ2) is 10.6. The minimum Gasteiger partial charge on any atom is -0.484 e. The van der Waals surface area contributed by atoms with Crippen LogP contribution in [0.3, 0.4) is 0 Å². The molecule has 2 N–H and O–H groups in total. The highest BCUT2D eigenvalue weighted by Gasteiger charge is 2.17. The molecule has 1 amide bonds. The first-order chi connectivity index (χ1) is 15.7. The minimum atomic E-state index is -3.62. The molecule has 7 nitrogen and oxygen atoms in total. The van der Waals surface area contributed by atoms with Gasteiger partial charge in [-0.05, 0) is 56.3 Å². The van der Waals surface area contributed by atoms with Crippen LogP contribution in [0.1, 0.15) is 29.8 Å². The molecule has 0 aliphatic heterocycles. The molecule has 33 heavy (non-hydrogen) atoms. The van der Waals surface area contributed by atoms with Gasteiger partial charge in [0.05, 0.1) is 10.6 Å². The van der Waals surface area contributed by atoms with Crippen molar-refractivity contribution in [1.82, 2.24) is 4.72 Å². The number of ether oxygens (including phenoxy) is 1. The molecular formula is C24H23ClN2O5S. The van der Waals surface area contributed by atoms with Crippen molar-refractivity contribution in [2.75, 3.05) is 11.9 Å². The van der Waals surface area contributed by atoms with E-state index in [-0.39, 0.29) is 28.9 Å². The van der Waals surface area contributed by atoms with Crippen LogP contribution in [0.15, 0.2) is 77.7 Å². The quantitative estimate of drug-likeness (QED) is 0.440. The van der Waals surface area contributed by atoms with Gasteiger partial charge in [-0.3, -0.25) is 9.59 Å². The van der Waals surface area contributed by atoms with E-state index in [1.807, 2.05) is 0 Å². The third-order valence-corrected chi connectivity index (χ3v) is 6.34. The van der Waals surface area contributed by atoms with E-state index in [1.165, 1.54) is 30.3 Å². The van der Waals surface area contributed by atoms with E-state index in [2.05, 4.69) is 10.0 Å². The second-order valence-corrected chi connectivity index (χ2v) is 9.62. The van der Waals surface area contributed by atoms with Crippen LogP contribution in [-0.2, 0) is 14.8 Å². The number of ketones is 1. The van der Waals surface area contributed by atoms with Gasteiger partial charge in [-0.25, -0.2) is 13.1 Å². The molecule has 0 saturated carbocycles. The number of hydrogen-bond acceptors (Lipinski definition) is 5. The van der Waals surface area contributed by atoms with Crippen molar-refractivity contribution in [2.24, 2.45) is 0 Å². The van der Waals surface area contributed by atoms with E-state index in [0.29, 0.717) is 22.0 Å². The molecule has 0 bridgehead atoms. The zero-order valence-corrected chi connectivity index (χ0v) is 19.6. The van der Waals surface area contributed by atoms with Gasteiger partial charge in [-0.15, -0.1) is 0 Å². The van der Waals surface area contributed by atoms with Gasteiger partial charge in [0, 0.05) is 22.2 Å². The Bertz CT molecular complexity index is 1240. The summed E-state index contributed by atoms with van der Waals surface area (Å²) < 4.78 is 32.3. The summed E-state index contributed by atoms with van der Waals surface area (Å²) in [7, 11) is -3.62. The van der Waals surface area contributed by atoms with Crippen LogP contribution in [-0.4, -0.2) is 32.8 Å². The van der Waals surface area contributed by atoms with E-state index in [4.69, 9.17) is 16.3 Å². The number of nitrogens with one attached hydrogen (secondary N) is 2. The number of amides is 1. The number of rotatable bonds is 9. The molecule has 3 aromatic rings. The van der Waals surface area contributed by atoms with Crippen molar-refractivity contribution < 1.29 is 22.7 Å².